The van der Waals surface area contributed by atoms with Crippen LogP contribution < -0.4 is 0 Å². The van der Waals surface area contributed by atoms with Crippen molar-refractivity contribution in [1.29, 1.82) is 0 Å². The van der Waals surface area contributed by atoms with E-state index in [0.717, 1.165) is 5.56 Å². The number of aliphatic hydroxyl groups is 1. The van der Waals surface area contributed by atoms with Crippen molar-refractivity contribution in [2.75, 3.05) is 26.8 Å². The van der Waals surface area contributed by atoms with Gasteiger partial charge in [-0.25, -0.2) is 0 Å². The van der Waals surface area contributed by atoms with E-state index in [1.807, 2.05) is 30.3 Å². The summed E-state index contributed by atoms with van der Waals surface area (Å²) in [5, 5.41) is 8.96. The number of ether oxygens (including phenoxy) is 1. The maximum absolute atomic E-state index is 12.0. The van der Waals surface area contributed by atoms with Gasteiger partial charge < -0.3 is 14.7 Å². The Hall–Kier alpha value is -2.14. The van der Waals surface area contributed by atoms with E-state index in [9.17, 15) is 9.59 Å². The van der Waals surface area contributed by atoms with Crippen LogP contribution in [0.15, 0.2) is 36.4 Å². The third-order valence-electron chi connectivity index (χ3n) is 2.71. The van der Waals surface area contributed by atoms with E-state index in [-0.39, 0.29) is 38.0 Å². The highest BCUT2D eigenvalue weighted by atomic mass is 16.5. The van der Waals surface area contributed by atoms with Gasteiger partial charge in [0.1, 0.15) is 0 Å². The summed E-state index contributed by atoms with van der Waals surface area (Å²) < 4.78 is 4.53. The lowest BCUT2D eigenvalue weighted by molar-refractivity contribution is -0.141. The van der Waals surface area contributed by atoms with Crippen molar-refractivity contribution in [3.63, 3.8) is 0 Å². The van der Waals surface area contributed by atoms with Crippen molar-refractivity contribution >= 4 is 18.0 Å². The first-order chi connectivity index (χ1) is 9.67. The van der Waals surface area contributed by atoms with Gasteiger partial charge in [-0.15, -0.1) is 0 Å². The van der Waals surface area contributed by atoms with E-state index in [0.29, 0.717) is 0 Å². The number of amides is 1. The summed E-state index contributed by atoms with van der Waals surface area (Å²) >= 11 is 0. The highest BCUT2D eigenvalue weighted by Gasteiger charge is 2.12. The summed E-state index contributed by atoms with van der Waals surface area (Å²) in [6.45, 7) is 0.270. The van der Waals surface area contributed by atoms with Gasteiger partial charge in [-0.1, -0.05) is 30.3 Å². The average molecular weight is 277 g/mol. The standard InChI is InChI=1S/C15H19NO4/c1-20-15(19)9-10-16(11-12-17)14(18)8-7-13-5-3-2-4-6-13/h2-8,17H,9-12H2,1H3/b8-7+. The Morgan fingerprint density at radius 1 is 1.25 bits per heavy atom. The lowest BCUT2D eigenvalue weighted by Gasteiger charge is -2.19. The van der Waals surface area contributed by atoms with E-state index in [4.69, 9.17) is 5.11 Å². The summed E-state index contributed by atoms with van der Waals surface area (Å²) in [5.74, 6) is -0.625. The average Bonchev–Trinajstić information content (AvgIpc) is 2.49. The zero-order valence-corrected chi connectivity index (χ0v) is 11.5. The molecule has 1 N–H and O–H groups in total. The maximum atomic E-state index is 12.0. The van der Waals surface area contributed by atoms with Crippen molar-refractivity contribution in [2.45, 2.75) is 6.42 Å². The van der Waals surface area contributed by atoms with Crippen LogP contribution >= 0.6 is 0 Å². The molecular formula is C15H19NO4. The molecule has 0 spiro atoms. The van der Waals surface area contributed by atoms with Crippen molar-refractivity contribution < 1.29 is 19.4 Å². The number of esters is 1. The van der Waals surface area contributed by atoms with Gasteiger partial charge in [-0.3, -0.25) is 9.59 Å². The molecule has 0 aliphatic heterocycles. The normalized spacial score (nSPS) is 10.5. The first kappa shape index (κ1) is 15.9. The Balaban J connectivity index is 2.59. The SMILES string of the molecule is COC(=O)CCN(CCO)C(=O)/C=C/c1ccccc1. The highest BCUT2D eigenvalue weighted by molar-refractivity contribution is 5.92. The number of carbonyl (C=O) groups is 2. The van der Waals surface area contributed by atoms with Crippen molar-refractivity contribution in [3.8, 4) is 0 Å². The van der Waals surface area contributed by atoms with Crippen LogP contribution in [0.5, 0.6) is 0 Å². The smallest absolute Gasteiger partial charge is 0.307 e. The second kappa shape index (κ2) is 8.87. The predicted octanol–water partition coefficient (Wildman–Crippen LogP) is 1.08. The molecule has 1 aromatic rings. The fourth-order valence-corrected chi connectivity index (χ4v) is 1.62. The van der Waals surface area contributed by atoms with E-state index < -0.39 is 0 Å². The topological polar surface area (TPSA) is 66.8 Å². The Morgan fingerprint density at radius 3 is 2.55 bits per heavy atom. The molecule has 0 fully saturated rings. The number of nitrogens with zero attached hydrogens (tertiary/aromatic N) is 1. The highest BCUT2D eigenvalue weighted by Crippen LogP contribution is 2.03. The van der Waals surface area contributed by atoms with Gasteiger partial charge in [0.15, 0.2) is 0 Å². The van der Waals surface area contributed by atoms with Crippen LogP contribution in [-0.2, 0) is 14.3 Å². The molecule has 0 saturated carbocycles. The molecule has 0 radical (unpaired) electrons. The van der Waals surface area contributed by atoms with Crippen LogP contribution in [0.1, 0.15) is 12.0 Å². The van der Waals surface area contributed by atoms with Crippen LogP contribution in [0.25, 0.3) is 6.08 Å². The largest absolute Gasteiger partial charge is 0.469 e. The first-order valence-electron chi connectivity index (χ1n) is 6.37. The van der Waals surface area contributed by atoms with Crippen LogP contribution in [0, 0.1) is 0 Å². The van der Waals surface area contributed by atoms with Crippen molar-refractivity contribution in [3.05, 3.63) is 42.0 Å². The van der Waals surface area contributed by atoms with Gasteiger partial charge in [-0.2, -0.15) is 0 Å². The van der Waals surface area contributed by atoms with E-state index in [1.54, 1.807) is 6.08 Å². The van der Waals surface area contributed by atoms with Gasteiger partial charge in [0, 0.05) is 19.2 Å². The number of methoxy groups -OCH3 is 1. The van der Waals surface area contributed by atoms with Crippen LogP contribution in [0.4, 0.5) is 0 Å². The molecule has 5 nitrogen and oxygen atoms in total. The minimum atomic E-state index is -0.382. The number of carbonyl (C=O) groups excluding carboxylic acids is 2. The molecule has 1 amide bonds. The second-order valence-electron chi connectivity index (χ2n) is 4.12. The Bertz CT molecular complexity index is 456. The number of benzene rings is 1. The summed E-state index contributed by atoms with van der Waals surface area (Å²) in [4.78, 5) is 24.5. The van der Waals surface area contributed by atoms with Crippen molar-refractivity contribution in [1.82, 2.24) is 4.90 Å². The van der Waals surface area contributed by atoms with E-state index in [2.05, 4.69) is 4.74 Å². The third-order valence-corrected chi connectivity index (χ3v) is 2.71. The summed E-state index contributed by atoms with van der Waals surface area (Å²) in [5.41, 5.74) is 0.915. The van der Waals surface area contributed by atoms with Gasteiger partial charge >= 0.3 is 5.97 Å². The first-order valence-corrected chi connectivity index (χ1v) is 6.37. The molecule has 0 atom stereocenters. The molecular weight excluding hydrogens is 258 g/mol. The summed E-state index contributed by atoms with van der Waals surface area (Å²) in [6, 6.07) is 9.43. The van der Waals surface area contributed by atoms with Gasteiger partial charge in [0.2, 0.25) is 5.91 Å². The fourth-order valence-electron chi connectivity index (χ4n) is 1.62. The Labute approximate surface area is 118 Å². The number of hydrogen-bond acceptors (Lipinski definition) is 4. The molecule has 0 heterocycles. The molecule has 0 saturated heterocycles. The number of hydrogen-bond donors (Lipinski definition) is 1. The lowest BCUT2D eigenvalue weighted by atomic mass is 10.2. The zero-order chi connectivity index (χ0) is 14.8. The molecule has 1 rings (SSSR count). The van der Waals surface area contributed by atoms with Crippen molar-refractivity contribution in [2.24, 2.45) is 0 Å². The lowest BCUT2D eigenvalue weighted by Crippen LogP contribution is -2.34. The van der Waals surface area contributed by atoms with Gasteiger partial charge in [0.05, 0.1) is 20.1 Å². The summed E-state index contributed by atoms with van der Waals surface area (Å²) in [6.07, 6.45) is 3.24. The van der Waals surface area contributed by atoms with Gasteiger partial charge in [0.25, 0.3) is 0 Å². The Kier molecular flexibility index (Phi) is 7.06. The Morgan fingerprint density at radius 2 is 1.95 bits per heavy atom. The zero-order valence-electron chi connectivity index (χ0n) is 11.5. The second-order valence-corrected chi connectivity index (χ2v) is 4.12. The van der Waals surface area contributed by atoms with Crippen LogP contribution in [0.2, 0.25) is 0 Å². The fraction of sp³-hybridized carbons (Fsp3) is 0.333. The quantitative estimate of drug-likeness (QED) is 0.598. The van der Waals surface area contributed by atoms with Crippen LogP contribution in [-0.4, -0.2) is 48.7 Å². The molecule has 0 aliphatic rings. The monoisotopic (exact) mass is 277 g/mol. The molecule has 108 valence electrons. The molecule has 5 heteroatoms. The third kappa shape index (κ3) is 5.67. The molecule has 0 bridgehead atoms. The molecule has 1 aromatic carbocycles. The molecule has 0 aromatic heterocycles. The maximum Gasteiger partial charge on any atom is 0.307 e. The molecule has 0 aliphatic carbocycles. The number of rotatable bonds is 7. The minimum absolute atomic E-state index is 0.113. The molecule has 20 heavy (non-hydrogen) atoms. The predicted molar refractivity (Wildman–Crippen MR) is 75.8 cm³/mol. The minimum Gasteiger partial charge on any atom is -0.469 e. The molecule has 0 unspecified atom stereocenters. The van der Waals surface area contributed by atoms with Crippen LogP contribution in [0.3, 0.4) is 0 Å². The van der Waals surface area contributed by atoms with Gasteiger partial charge in [-0.05, 0) is 11.6 Å². The van der Waals surface area contributed by atoms with E-state index in [1.165, 1.54) is 18.1 Å². The number of aliphatic hydroxyl groups excluding tert-OH is 1. The summed E-state index contributed by atoms with van der Waals surface area (Å²) in [7, 11) is 1.30. The van der Waals surface area contributed by atoms with E-state index >= 15 is 0 Å².